The maximum Gasteiger partial charge on any atom is 0.421 e. The normalized spacial score (nSPS) is 27.0. The van der Waals surface area contributed by atoms with Crippen molar-refractivity contribution in [2.75, 3.05) is 25.0 Å². The van der Waals surface area contributed by atoms with Gasteiger partial charge in [-0.15, -0.1) is 0 Å². The molecule has 1 aromatic heterocycles. The van der Waals surface area contributed by atoms with Crippen LogP contribution < -0.4 is 5.32 Å². The first-order valence-corrected chi connectivity index (χ1v) is 8.06. The largest absolute Gasteiger partial charge is 0.421 e. The molecule has 1 N–H and O–H groups in total. The van der Waals surface area contributed by atoms with Crippen molar-refractivity contribution in [3.05, 3.63) is 22.5 Å². The molecule has 130 valence electrons. The number of nitrogens with one attached hydrogen (secondary N) is 1. The highest BCUT2D eigenvalue weighted by Gasteiger charge is 2.40. The summed E-state index contributed by atoms with van der Waals surface area (Å²) in [7, 11) is 0. The molecule has 0 saturated carbocycles. The molecule has 3 aliphatic rings. The Labute approximate surface area is 139 Å². The van der Waals surface area contributed by atoms with Gasteiger partial charge in [-0.05, 0) is 37.9 Å². The van der Waals surface area contributed by atoms with Crippen LogP contribution in [0.1, 0.15) is 18.4 Å². The SMILES string of the molecule is Fc1cc2c(N[C@@H]3CN4CCC3CC4)noc2c(C(F)(F)F)c1Cl. The van der Waals surface area contributed by atoms with Gasteiger partial charge >= 0.3 is 6.18 Å². The molecule has 3 fully saturated rings. The summed E-state index contributed by atoms with van der Waals surface area (Å²) in [5, 5.41) is 5.80. The highest BCUT2D eigenvalue weighted by atomic mass is 35.5. The van der Waals surface area contributed by atoms with Crippen LogP contribution in [0, 0.1) is 11.7 Å². The number of aromatic nitrogens is 1. The van der Waals surface area contributed by atoms with Crippen LogP contribution in [0.3, 0.4) is 0 Å². The average molecular weight is 364 g/mol. The van der Waals surface area contributed by atoms with Gasteiger partial charge in [-0.3, -0.25) is 0 Å². The van der Waals surface area contributed by atoms with Crippen molar-refractivity contribution in [3.63, 3.8) is 0 Å². The van der Waals surface area contributed by atoms with E-state index in [0.717, 1.165) is 38.5 Å². The zero-order valence-electron chi connectivity index (χ0n) is 12.5. The standard InChI is InChI=1S/C15H14ClF4N3O/c16-12-9(17)5-8-13(11(12)15(18,19)20)24-22-14(8)21-10-6-23-3-1-7(10)2-4-23/h5,7,10H,1-4,6H2,(H,21,22)/t10-/m1/s1. The second-order valence-corrected chi connectivity index (χ2v) is 6.72. The number of anilines is 1. The number of hydrogen-bond donors (Lipinski definition) is 1. The maximum absolute atomic E-state index is 13.9. The highest BCUT2D eigenvalue weighted by molar-refractivity contribution is 6.32. The van der Waals surface area contributed by atoms with E-state index >= 15 is 0 Å². The zero-order chi connectivity index (χ0) is 17.1. The van der Waals surface area contributed by atoms with Crippen LogP contribution in [0.25, 0.3) is 11.0 Å². The lowest BCUT2D eigenvalue weighted by Crippen LogP contribution is -2.53. The Morgan fingerprint density at radius 1 is 1.29 bits per heavy atom. The fourth-order valence-corrected chi connectivity index (χ4v) is 3.93. The summed E-state index contributed by atoms with van der Waals surface area (Å²) in [5.74, 6) is -0.581. The van der Waals surface area contributed by atoms with E-state index in [0.29, 0.717) is 5.92 Å². The first-order valence-electron chi connectivity index (χ1n) is 7.68. The number of fused-ring (bicyclic) bond motifs is 4. The lowest BCUT2D eigenvalue weighted by Gasteiger charge is -2.44. The molecule has 9 heteroatoms. The Kier molecular flexibility index (Phi) is 3.65. The van der Waals surface area contributed by atoms with E-state index in [1.807, 2.05) is 0 Å². The van der Waals surface area contributed by atoms with Crippen LogP contribution in [0.4, 0.5) is 23.4 Å². The molecule has 0 amide bonds. The minimum Gasteiger partial charge on any atom is -0.362 e. The summed E-state index contributed by atoms with van der Waals surface area (Å²) in [6.07, 6.45) is -2.77. The first-order chi connectivity index (χ1) is 11.3. The maximum atomic E-state index is 13.9. The number of benzene rings is 1. The third-order valence-corrected chi connectivity index (χ3v) is 5.29. The molecule has 1 atom stereocenters. The average Bonchev–Trinajstić information content (AvgIpc) is 2.90. The Morgan fingerprint density at radius 2 is 2.00 bits per heavy atom. The molecule has 0 unspecified atom stereocenters. The highest BCUT2D eigenvalue weighted by Crippen LogP contribution is 2.43. The monoisotopic (exact) mass is 363 g/mol. The van der Waals surface area contributed by atoms with Gasteiger partial charge in [0.25, 0.3) is 0 Å². The van der Waals surface area contributed by atoms with Gasteiger partial charge in [-0.25, -0.2) is 4.39 Å². The molecular weight excluding hydrogens is 350 g/mol. The van der Waals surface area contributed by atoms with Gasteiger partial charge in [0.1, 0.15) is 11.4 Å². The van der Waals surface area contributed by atoms with E-state index < -0.39 is 28.2 Å². The number of halogens is 5. The summed E-state index contributed by atoms with van der Waals surface area (Å²) in [5.41, 5.74) is -1.87. The topological polar surface area (TPSA) is 41.3 Å². The minimum absolute atomic E-state index is 0.0410. The van der Waals surface area contributed by atoms with Crippen LogP contribution in [-0.2, 0) is 6.18 Å². The number of piperidine rings is 3. The summed E-state index contributed by atoms with van der Waals surface area (Å²) >= 11 is 5.50. The van der Waals surface area contributed by atoms with Crippen LogP contribution in [-0.4, -0.2) is 35.7 Å². The summed E-state index contributed by atoms with van der Waals surface area (Å²) in [6, 6.07) is 1.00. The summed E-state index contributed by atoms with van der Waals surface area (Å²) in [6.45, 7) is 2.86. The molecule has 2 aromatic rings. The number of alkyl halides is 3. The van der Waals surface area contributed by atoms with Gasteiger partial charge in [-0.1, -0.05) is 16.8 Å². The molecular formula is C15H14ClF4N3O. The summed E-state index contributed by atoms with van der Waals surface area (Å²) < 4.78 is 58.3. The second kappa shape index (κ2) is 5.49. The zero-order valence-corrected chi connectivity index (χ0v) is 13.2. The van der Waals surface area contributed by atoms with Crippen LogP contribution in [0.5, 0.6) is 0 Å². The van der Waals surface area contributed by atoms with Gasteiger partial charge in [0.2, 0.25) is 0 Å². The molecule has 5 rings (SSSR count). The Hall–Kier alpha value is -1.54. The van der Waals surface area contributed by atoms with Crippen LogP contribution in [0.2, 0.25) is 5.02 Å². The third kappa shape index (κ3) is 2.52. The fraction of sp³-hybridized carbons (Fsp3) is 0.533. The molecule has 2 bridgehead atoms. The molecule has 1 aromatic carbocycles. The van der Waals surface area contributed by atoms with E-state index in [9.17, 15) is 17.6 Å². The van der Waals surface area contributed by atoms with Crippen molar-refractivity contribution in [3.8, 4) is 0 Å². The molecule has 0 radical (unpaired) electrons. The molecule has 0 spiro atoms. The van der Waals surface area contributed by atoms with E-state index in [1.54, 1.807) is 0 Å². The van der Waals surface area contributed by atoms with Gasteiger partial charge in [0.15, 0.2) is 11.4 Å². The Balaban J connectivity index is 1.74. The number of nitrogens with zero attached hydrogens (tertiary/aromatic N) is 2. The quantitative estimate of drug-likeness (QED) is 0.814. The van der Waals surface area contributed by atoms with E-state index in [4.69, 9.17) is 16.1 Å². The smallest absolute Gasteiger partial charge is 0.362 e. The van der Waals surface area contributed by atoms with Crippen molar-refractivity contribution in [2.24, 2.45) is 5.92 Å². The second-order valence-electron chi connectivity index (χ2n) is 6.34. The van der Waals surface area contributed by atoms with E-state index in [1.165, 1.54) is 0 Å². The van der Waals surface area contributed by atoms with Crippen LogP contribution >= 0.6 is 11.6 Å². The van der Waals surface area contributed by atoms with Crippen molar-refractivity contribution >= 4 is 28.4 Å². The molecule has 0 aliphatic carbocycles. The Morgan fingerprint density at radius 3 is 2.58 bits per heavy atom. The lowest BCUT2D eigenvalue weighted by atomic mass is 9.84. The van der Waals surface area contributed by atoms with E-state index in [-0.39, 0.29) is 17.2 Å². The molecule has 24 heavy (non-hydrogen) atoms. The number of rotatable bonds is 2. The van der Waals surface area contributed by atoms with Crippen LogP contribution in [0.15, 0.2) is 10.6 Å². The first kappa shape index (κ1) is 16.0. The van der Waals surface area contributed by atoms with Gasteiger partial charge in [0, 0.05) is 12.6 Å². The van der Waals surface area contributed by atoms with E-state index in [2.05, 4.69) is 15.4 Å². The van der Waals surface area contributed by atoms with Crippen molar-refractivity contribution in [1.29, 1.82) is 0 Å². The predicted molar refractivity (Wildman–Crippen MR) is 80.6 cm³/mol. The minimum atomic E-state index is -4.83. The van der Waals surface area contributed by atoms with Crippen molar-refractivity contribution in [1.82, 2.24) is 10.1 Å². The van der Waals surface area contributed by atoms with Gasteiger partial charge in [-0.2, -0.15) is 13.2 Å². The predicted octanol–water partition coefficient (Wildman–Crippen LogP) is 4.15. The van der Waals surface area contributed by atoms with Crippen molar-refractivity contribution in [2.45, 2.75) is 25.1 Å². The van der Waals surface area contributed by atoms with Gasteiger partial charge < -0.3 is 14.7 Å². The number of hydrogen-bond acceptors (Lipinski definition) is 4. The molecule has 3 aliphatic heterocycles. The summed E-state index contributed by atoms with van der Waals surface area (Å²) in [4.78, 5) is 2.29. The van der Waals surface area contributed by atoms with Crippen molar-refractivity contribution < 1.29 is 22.1 Å². The lowest BCUT2D eigenvalue weighted by molar-refractivity contribution is -0.137. The molecule has 4 nitrogen and oxygen atoms in total. The molecule has 3 saturated heterocycles. The molecule has 4 heterocycles. The third-order valence-electron chi connectivity index (χ3n) is 4.92. The Bertz CT molecular complexity index is 783. The van der Waals surface area contributed by atoms with Gasteiger partial charge in [0.05, 0.1) is 10.4 Å². The fourth-order valence-electron chi connectivity index (χ4n) is 3.68.